The van der Waals surface area contributed by atoms with E-state index in [1.165, 1.54) is 5.69 Å². The van der Waals surface area contributed by atoms with Crippen molar-refractivity contribution >= 4 is 17.6 Å². The third-order valence-electron chi connectivity index (χ3n) is 4.90. The van der Waals surface area contributed by atoms with Crippen molar-refractivity contribution in [2.75, 3.05) is 63.9 Å². The number of nitrogens with zero attached hydrogens (tertiary/aromatic N) is 3. The van der Waals surface area contributed by atoms with Gasteiger partial charge in [-0.3, -0.25) is 9.79 Å². The van der Waals surface area contributed by atoms with Gasteiger partial charge >= 0.3 is 0 Å². The molecule has 7 heteroatoms. The van der Waals surface area contributed by atoms with Crippen LogP contribution in [0.25, 0.3) is 0 Å². The topological polar surface area (TPSA) is 69.2 Å². The van der Waals surface area contributed by atoms with Gasteiger partial charge in [-0.15, -0.1) is 0 Å². The second-order valence-electron chi connectivity index (χ2n) is 7.04. The number of piperazine rings is 1. The van der Waals surface area contributed by atoms with Crippen LogP contribution in [0.3, 0.4) is 0 Å². The third-order valence-corrected chi connectivity index (χ3v) is 4.90. The molecule has 2 N–H and O–H groups in total. The number of ether oxygens (including phenoxy) is 1. The Bertz CT molecular complexity index is 600. The van der Waals surface area contributed by atoms with Crippen molar-refractivity contribution in [1.29, 1.82) is 0 Å². The summed E-state index contributed by atoms with van der Waals surface area (Å²) in [6, 6.07) is 10.4. The molecule has 0 radical (unpaired) electrons. The summed E-state index contributed by atoms with van der Waals surface area (Å²) in [7, 11) is 0. The van der Waals surface area contributed by atoms with Gasteiger partial charge in [0.2, 0.25) is 5.91 Å². The van der Waals surface area contributed by atoms with Crippen molar-refractivity contribution in [2.24, 2.45) is 4.99 Å². The molecule has 1 fully saturated rings. The maximum Gasteiger partial charge on any atom is 0.224 e. The Morgan fingerprint density at radius 1 is 1.07 bits per heavy atom. The molecule has 29 heavy (non-hydrogen) atoms. The van der Waals surface area contributed by atoms with E-state index in [-0.39, 0.29) is 5.91 Å². The molecule has 1 aliphatic heterocycles. The maximum atomic E-state index is 12.5. The monoisotopic (exact) mass is 403 g/mol. The summed E-state index contributed by atoms with van der Waals surface area (Å²) >= 11 is 0. The molecule has 1 aliphatic rings. The number of hydrogen-bond donors (Lipinski definition) is 2. The number of nitrogens with one attached hydrogen (secondary N) is 2. The Labute approximate surface area is 175 Å². The minimum absolute atomic E-state index is 0.206. The van der Waals surface area contributed by atoms with Gasteiger partial charge in [-0.2, -0.15) is 0 Å². The lowest BCUT2D eigenvalue weighted by Crippen LogP contribution is -2.49. The summed E-state index contributed by atoms with van der Waals surface area (Å²) in [6.45, 7) is 11.1. The van der Waals surface area contributed by atoms with Gasteiger partial charge in [0, 0.05) is 71.1 Å². The van der Waals surface area contributed by atoms with E-state index in [1.807, 2.05) is 24.8 Å². The predicted octanol–water partition coefficient (Wildman–Crippen LogP) is 2.10. The number of guanidine groups is 1. The standard InChI is InChI=1S/C22H37N5O2/c1-3-23-22(24-13-8-9-19-29-4-2)25-14-12-21(28)27-17-15-26(16-18-27)20-10-6-5-7-11-20/h5-7,10-11H,3-4,8-9,12-19H2,1-2H3,(H2,23,24,25). The number of aliphatic imine (C=N–C) groups is 1. The quantitative estimate of drug-likeness (QED) is 0.336. The zero-order valence-corrected chi connectivity index (χ0v) is 18.0. The average molecular weight is 404 g/mol. The minimum atomic E-state index is 0.206. The highest BCUT2D eigenvalue weighted by Crippen LogP contribution is 2.15. The maximum absolute atomic E-state index is 12.5. The van der Waals surface area contributed by atoms with Crippen molar-refractivity contribution in [2.45, 2.75) is 33.1 Å². The molecule has 0 saturated carbocycles. The Balaban J connectivity index is 1.65. The van der Waals surface area contributed by atoms with Crippen LogP contribution in [0.15, 0.2) is 35.3 Å². The number of unbranched alkanes of at least 4 members (excludes halogenated alkanes) is 1. The highest BCUT2D eigenvalue weighted by molar-refractivity contribution is 5.81. The highest BCUT2D eigenvalue weighted by Gasteiger charge is 2.20. The summed E-state index contributed by atoms with van der Waals surface area (Å²) in [6.07, 6.45) is 2.51. The first-order valence-electron chi connectivity index (χ1n) is 10.9. The number of carbonyl (C=O) groups is 1. The van der Waals surface area contributed by atoms with Gasteiger partial charge in [0.25, 0.3) is 0 Å². The van der Waals surface area contributed by atoms with Crippen LogP contribution in [-0.4, -0.2) is 75.8 Å². The predicted molar refractivity (Wildman–Crippen MR) is 120 cm³/mol. The lowest BCUT2D eigenvalue weighted by molar-refractivity contribution is -0.131. The van der Waals surface area contributed by atoms with Crippen LogP contribution >= 0.6 is 0 Å². The molecule has 1 heterocycles. The molecule has 1 aromatic rings. The van der Waals surface area contributed by atoms with Crippen molar-refractivity contribution < 1.29 is 9.53 Å². The molecule has 1 saturated heterocycles. The molecule has 1 amide bonds. The van der Waals surface area contributed by atoms with Gasteiger partial charge < -0.3 is 25.2 Å². The fourth-order valence-corrected chi connectivity index (χ4v) is 3.29. The number of carbonyl (C=O) groups excluding carboxylic acids is 1. The molecule has 2 rings (SSSR count). The molecule has 162 valence electrons. The Kier molecular flexibility index (Phi) is 11.0. The van der Waals surface area contributed by atoms with E-state index in [0.717, 1.165) is 71.3 Å². The van der Waals surface area contributed by atoms with Crippen LogP contribution in [0, 0.1) is 0 Å². The summed E-state index contributed by atoms with van der Waals surface area (Å²) < 4.78 is 5.34. The molecule has 0 aromatic heterocycles. The fourth-order valence-electron chi connectivity index (χ4n) is 3.29. The summed E-state index contributed by atoms with van der Waals surface area (Å²) in [4.78, 5) is 21.4. The summed E-state index contributed by atoms with van der Waals surface area (Å²) in [5.41, 5.74) is 1.23. The van der Waals surface area contributed by atoms with E-state index in [4.69, 9.17) is 4.74 Å². The van der Waals surface area contributed by atoms with Crippen molar-refractivity contribution in [3.05, 3.63) is 30.3 Å². The van der Waals surface area contributed by atoms with Crippen LogP contribution < -0.4 is 15.5 Å². The van der Waals surface area contributed by atoms with Crippen molar-refractivity contribution in [3.63, 3.8) is 0 Å². The lowest BCUT2D eigenvalue weighted by Gasteiger charge is -2.36. The van der Waals surface area contributed by atoms with Gasteiger partial charge in [-0.25, -0.2) is 0 Å². The number of amides is 1. The normalized spacial score (nSPS) is 14.8. The number of rotatable bonds is 11. The Hall–Kier alpha value is -2.28. The zero-order chi connectivity index (χ0) is 20.7. The summed E-state index contributed by atoms with van der Waals surface area (Å²) in [5.74, 6) is 0.989. The minimum Gasteiger partial charge on any atom is -0.382 e. The van der Waals surface area contributed by atoms with E-state index >= 15 is 0 Å². The number of benzene rings is 1. The van der Waals surface area contributed by atoms with Crippen LogP contribution in [-0.2, 0) is 9.53 Å². The first kappa shape index (κ1) is 23.0. The van der Waals surface area contributed by atoms with Crippen LogP contribution in [0.5, 0.6) is 0 Å². The molecule has 0 bridgehead atoms. The largest absolute Gasteiger partial charge is 0.382 e. The Morgan fingerprint density at radius 2 is 1.83 bits per heavy atom. The first-order chi connectivity index (χ1) is 14.2. The number of hydrogen-bond acceptors (Lipinski definition) is 4. The van der Waals surface area contributed by atoms with Crippen molar-refractivity contribution in [3.8, 4) is 0 Å². The average Bonchev–Trinajstić information content (AvgIpc) is 2.76. The third kappa shape index (κ3) is 8.73. The molecular formula is C22H37N5O2. The summed E-state index contributed by atoms with van der Waals surface area (Å²) in [5, 5.41) is 6.52. The van der Waals surface area contributed by atoms with Gasteiger partial charge in [0.15, 0.2) is 5.96 Å². The molecule has 0 aliphatic carbocycles. The SMILES string of the molecule is CCNC(=NCCCCOCC)NCCC(=O)N1CCN(c2ccccc2)CC1. The molecule has 0 spiro atoms. The molecule has 1 aromatic carbocycles. The zero-order valence-electron chi connectivity index (χ0n) is 18.0. The fraction of sp³-hybridized carbons (Fsp3) is 0.636. The first-order valence-corrected chi connectivity index (χ1v) is 10.9. The van der Waals surface area contributed by atoms with E-state index in [2.05, 4.69) is 44.8 Å². The van der Waals surface area contributed by atoms with Gasteiger partial charge in [0.05, 0.1) is 0 Å². The lowest BCUT2D eigenvalue weighted by atomic mass is 10.2. The smallest absolute Gasteiger partial charge is 0.224 e. The van der Waals surface area contributed by atoms with Gasteiger partial charge in [-0.05, 0) is 38.8 Å². The Morgan fingerprint density at radius 3 is 2.52 bits per heavy atom. The van der Waals surface area contributed by atoms with Crippen LogP contribution in [0.2, 0.25) is 0 Å². The van der Waals surface area contributed by atoms with E-state index < -0.39 is 0 Å². The molecular weight excluding hydrogens is 366 g/mol. The van der Waals surface area contributed by atoms with Crippen LogP contribution in [0.4, 0.5) is 5.69 Å². The van der Waals surface area contributed by atoms with Gasteiger partial charge in [-0.1, -0.05) is 18.2 Å². The molecule has 7 nitrogen and oxygen atoms in total. The van der Waals surface area contributed by atoms with Crippen molar-refractivity contribution in [1.82, 2.24) is 15.5 Å². The van der Waals surface area contributed by atoms with Crippen LogP contribution in [0.1, 0.15) is 33.1 Å². The van der Waals surface area contributed by atoms with E-state index in [9.17, 15) is 4.79 Å². The van der Waals surface area contributed by atoms with E-state index in [1.54, 1.807) is 0 Å². The molecule has 0 unspecified atom stereocenters. The number of para-hydroxylation sites is 1. The van der Waals surface area contributed by atoms with E-state index in [0.29, 0.717) is 13.0 Å². The highest BCUT2D eigenvalue weighted by atomic mass is 16.5. The number of anilines is 1. The van der Waals surface area contributed by atoms with Gasteiger partial charge in [0.1, 0.15) is 0 Å². The molecule has 0 atom stereocenters. The second-order valence-corrected chi connectivity index (χ2v) is 7.04. The second kappa shape index (κ2) is 13.8.